The van der Waals surface area contributed by atoms with Crippen molar-refractivity contribution in [3.8, 4) is 0 Å². The maximum absolute atomic E-state index is 5.76. The monoisotopic (exact) mass is 241 g/mol. The summed E-state index contributed by atoms with van der Waals surface area (Å²) in [5.74, 6) is 0. The van der Waals surface area contributed by atoms with Crippen molar-refractivity contribution in [2.75, 3.05) is 26.9 Å². The quantitative estimate of drug-likeness (QED) is 0.819. The van der Waals surface area contributed by atoms with Gasteiger partial charge < -0.3 is 14.8 Å². The van der Waals surface area contributed by atoms with E-state index in [4.69, 9.17) is 9.47 Å². The third-order valence-electron chi connectivity index (χ3n) is 4.76. The summed E-state index contributed by atoms with van der Waals surface area (Å²) in [6.07, 6.45) is 6.04. The lowest BCUT2D eigenvalue weighted by Gasteiger charge is -2.38. The van der Waals surface area contributed by atoms with Crippen LogP contribution in [-0.4, -0.2) is 38.5 Å². The lowest BCUT2D eigenvalue weighted by atomic mass is 9.86. The van der Waals surface area contributed by atoms with Crippen LogP contribution in [0.1, 0.15) is 46.0 Å². The zero-order chi connectivity index (χ0) is 12.4. The van der Waals surface area contributed by atoms with E-state index < -0.39 is 0 Å². The van der Waals surface area contributed by atoms with E-state index in [-0.39, 0.29) is 5.60 Å². The maximum Gasteiger partial charge on any atom is 0.0846 e. The van der Waals surface area contributed by atoms with Crippen LogP contribution in [0, 0.1) is 5.41 Å². The first-order chi connectivity index (χ1) is 8.08. The average Bonchev–Trinajstić information content (AvgIpc) is 2.67. The van der Waals surface area contributed by atoms with Crippen molar-refractivity contribution in [3.63, 3.8) is 0 Å². The largest absolute Gasteiger partial charge is 0.381 e. The summed E-state index contributed by atoms with van der Waals surface area (Å²) < 4.78 is 11.2. The van der Waals surface area contributed by atoms with Crippen LogP contribution < -0.4 is 5.32 Å². The fourth-order valence-corrected chi connectivity index (χ4v) is 3.21. The minimum absolute atomic E-state index is 0.0108. The fourth-order valence-electron chi connectivity index (χ4n) is 3.21. The predicted molar refractivity (Wildman–Crippen MR) is 69.2 cm³/mol. The van der Waals surface area contributed by atoms with E-state index in [9.17, 15) is 0 Å². The summed E-state index contributed by atoms with van der Waals surface area (Å²) in [6.45, 7) is 7.40. The molecule has 17 heavy (non-hydrogen) atoms. The van der Waals surface area contributed by atoms with Crippen molar-refractivity contribution in [1.82, 2.24) is 5.32 Å². The van der Waals surface area contributed by atoms with Gasteiger partial charge >= 0.3 is 0 Å². The molecule has 0 radical (unpaired) electrons. The van der Waals surface area contributed by atoms with E-state index in [1.807, 2.05) is 7.11 Å². The molecule has 0 bridgehead atoms. The first kappa shape index (κ1) is 13.3. The third kappa shape index (κ3) is 3.01. The molecular formula is C14H27NO2. The number of hydrogen-bond acceptors (Lipinski definition) is 3. The smallest absolute Gasteiger partial charge is 0.0846 e. The molecular weight excluding hydrogens is 214 g/mol. The van der Waals surface area contributed by atoms with E-state index >= 15 is 0 Å². The van der Waals surface area contributed by atoms with Crippen LogP contribution in [0.2, 0.25) is 0 Å². The minimum Gasteiger partial charge on any atom is -0.381 e. The lowest BCUT2D eigenvalue weighted by molar-refractivity contribution is -0.0896. The van der Waals surface area contributed by atoms with Crippen LogP contribution in [0.15, 0.2) is 0 Å². The molecule has 1 N–H and O–H groups in total. The van der Waals surface area contributed by atoms with Gasteiger partial charge in [0.2, 0.25) is 0 Å². The highest BCUT2D eigenvalue weighted by molar-refractivity contribution is 4.93. The average molecular weight is 241 g/mol. The second-order valence-electron chi connectivity index (χ2n) is 6.31. The van der Waals surface area contributed by atoms with Gasteiger partial charge in [-0.2, -0.15) is 0 Å². The van der Waals surface area contributed by atoms with Crippen molar-refractivity contribution in [3.05, 3.63) is 0 Å². The van der Waals surface area contributed by atoms with E-state index in [1.165, 1.54) is 19.3 Å². The van der Waals surface area contributed by atoms with Gasteiger partial charge in [0.1, 0.15) is 0 Å². The molecule has 1 saturated carbocycles. The van der Waals surface area contributed by atoms with Crippen LogP contribution in [0.25, 0.3) is 0 Å². The minimum atomic E-state index is 0.0108. The van der Waals surface area contributed by atoms with Gasteiger partial charge in [0, 0.05) is 45.8 Å². The summed E-state index contributed by atoms with van der Waals surface area (Å²) in [5, 5.41) is 3.75. The van der Waals surface area contributed by atoms with Gasteiger partial charge in [0.25, 0.3) is 0 Å². The van der Waals surface area contributed by atoms with Crippen molar-refractivity contribution in [2.45, 2.75) is 57.6 Å². The van der Waals surface area contributed by atoms with Crippen molar-refractivity contribution < 1.29 is 9.47 Å². The molecule has 0 aromatic rings. The van der Waals surface area contributed by atoms with Crippen LogP contribution in [0.4, 0.5) is 0 Å². The SMILES string of the molecule is COC1(CN[C@@H]2CCCC2(C)C)CCOCC1. The highest BCUT2D eigenvalue weighted by Gasteiger charge is 2.38. The van der Waals surface area contributed by atoms with Crippen LogP contribution in [0.5, 0.6) is 0 Å². The normalized spacial score (nSPS) is 31.6. The molecule has 3 nitrogen and oxygen atoms in total. The third-order valence-corrected chi connectivity index (χ3v) is 4.76. The van der Waals surface area contributed by atoms with Gasteiger partial charge in [-0.25, -0.2) is 0 Å². The Hall–Kier alpha value is -0.120. The predicted octanol–water partition coefficient (Wildman–Crippen LogP) is 2.35. The maximum atomic E-state index is 5.76. The van der Waals surface area contributed by atoms with Gasteiger partial charge in [0.15, 0.2) is 0 Å². The Balaban J connectivity index is 1.87. The van der Waals surface area contributed by atoms with Gasteiger partial charge in [-0.1, -0.05) is 20.3 Å². The summed E-state index contributed by atoms with van der Waals surface area (Å²) in [5.41, 5.74) is 0.455. The molecule has 3 heteroatoms. The Morgan fingerprint density at radius 1 is 1.24 bits per heavy atom. The van der Waals surface area contributed by atoms with Crippen molar-refractivity contribution in [1.29, 1.82) is 0 Å². The van der Waals surface area contributed by atoms with Gasteiger partial charge in [-0.3, -0.25) is 0 Å². The first-order valence-corrected chi connectivity index (χ1v) is 6.94. The standard InChI is InChI=1S/C14H27NO2/c1-13(2)6-4-5-12(13)15-11-14(16-3)7-9-17-10-8-14/h12,15H,4-11H2,1-3H3/t12-/m1/s1. The molecule has 0 aromatic heterocycles. The molecule has 1 atom stereocenters. The van der Waals surface area contributed by atoms with Crippen LogP contribution in [0.3, 0.4) is 0 Å². The van der Waals surface area contributed by atoms with E-state index in [2.05, 4.69) is 19.2 Å². The summed E-state index contributed by atoms with van der Waals surface area (Å²) >= 11 is 0. The summed E-state index contributed by atoms with van der Waals surface area (Å²) in [4.78, 5) is 0. The van der Waals surface area contributed by atoms with Gasteiger partial charge in [-0.15, -0.1) is 0 Å². The Labute approximate surface area is 105 Å². The number of methoxy groups -OCH3 is 1. The van der Waals surface area contributed by atoms with Crippen molar-refractivity contribution >= 4 is 0 Å². The summed E-state index contributed by atoms with van der Waals surface area (Å²) in [6, 6.07) is 0.650. The topological polar surface area (TPSA) is 30.5 Å². The van der Waals surface area contributed by atoms with Crippen molar-refractivity contribution in [2.24, 2.45) is 5.41 Å². The highest BCUT2D eigenvalue weighted by atomic mass is 16.5. The first-order valence-electron chi connectivity index (χ1n) is 6.94. The molecule has 1 aliphatic carbocycles. The zero-order valence-corrected chi connectivity index (χ0v) is 11.6. The number of nitrogens with one attached hydrogen (secondary N) is 1. The molecule has 1 heterocycles. The van der Waals surface area contributed by atoms with E-state index in [0.29, 0.717) is 11.5 Å². The Bertz CT molecular complexity index is 247. The van der Waals surface area contributed by atoms with Crippen LogP contribution in [-0.2, 0) is 9.47 Å². The molecule has 2 fully saturated rings. The molecule has 2 aliphatic rings. The molecule has 2 rings (SSSR count). The van der Waals surface area contributed by atoms with Gasteiger partial charge in [0.05, 0.1) is 5.60 Å². The van der Waals surface area contributed by atoms with E-state index in [0.717, 1.165) is 32.6 Å². The van der Waals surface area contributed by atoms with E-state index in [1.54, 1.807) is 0 Å². The zero-order valence-electron chi connectivity index (χ0n) is 11.6. The Morgan fingerprint density at radius 2 is 1.94 bits per heavy atom. The fraction of sp³-hybridized carbons (Fsp3) is 1.00. The molecule has 0 aromatic carbocycles. The molecule has 1 aliphatic heterocycles. The van der Waals surface area contributed by atoms with Crippen LogP contribution >= 0.6 is 0 Å². The number of ether oxygens (including phenoxy) is 2. The second-order valence-corrected chi connectivity index (χ2v) is 6.31. The Morgan fingerprint density at radius 3 is 2.47 bits per heavy atom. The lowest BCUT2D eigenvalue weighted by Crippen LogP contribution is -2.51. The van der Waals surface area contributed by atoms with Gasteiger partial charge in [-0.05, 0) is 18.3 Å². The number of rotatable bonds is 4. The second kappa shape index (κ2) is 5.25. The molecule has 100 valence electrons. The molecule has 0 unspecified atom stereocenters. The molecule has 0 spiro atoms. The highest BCUT2D eigenvalue weighted by Crippen LogP contribution is 2.37. The molecule has 1 saturated heterocycles. The molecule has 0 amide bonds. The Kier molecular flexibility index (Phi) is 4.11. The summed E-state index contributed by atoms with van der Waals surface area (Å²) in [7, 11) is 1.84. The number of hydrogen-bond donors (Lipinski definition) is 1.